The molecule has 22 heavy (non-hydrogen) atoms. The Kier molecular flexibility index (Phi) is 8.12. The number of rotatable bonds is 8. The monoisotopic (exact) mass is 369 g/mol. The molecule has 0 aromatic heterocycles. The largest absolute Gasteiger partial charge is 0.355 e. The van der Waals surface area contributed by atoms with E-state index in [1.807, 2.05) is 38.1 Å². The number of nitrogens with one attached hydrogen (secondary N) is 2. The molecule has 6 heteroatoms. The van der Waals surface area contributed by atoms with Crippen molar-refractivity contribution in [1.29, 1.82) is 0 Å². The smallest absolute Gasteiger partial charge is 0.234 e. The van der Waals surface area contributed by atoms with Crippen molar-refractivity contribution >= 4 is 27.7 Å². The number of nitrogens with zero attached hydrogens (tertiary/aromatic N) is 1. The predicted octanol–water partition coefficient (Wildman–Crippen LogP) is 2.08. The van der Waals surface area contributed by atoms with Gasteiger partial charge in [-0.15, -0.1) is 0 Å². The van der Waals surface area contributed by atoms with Crippen molar-refractivity contribution < 1.29 is 9.59 Å². The molecule has 0 spiro atoms. The highest BCUT2D eigenvalue weighted by molar-refractivity contribution is 9.10. The zero-order chi connectivity index (χ0) is 16.5. The fourth-order valence-electron chi connectivity index (χ4n) is 1.99. The van der Waals surface area contributed by atoms with Crippen LogP contribution in [0.4, 0.5) is 0 Å². The average Bonchev–Trinajstić information content (AvgIpc) is 2.45. The number of hydrogen-bond acceptors (Lipinski definition) is 3. The van der Waals surface area contributed by atoms with Crippen LogP contribution in [0, 0.1) is 0 Å². The molecule has 0 aliphatic heterocycles. The molecule has 0 fully saturated rings. The Morgan fingerprint density at radius 3 is 2.36 bits per heavy atom. The first-order chi connectivity index (χ1) is 10.4. The number of amides is 2. The Labute approximate surface area is 140 Å². The van der Waals surface area contributed by atoms with Gasteiger partial charge in [0.2, 0.25) is 11.8 Å². The normalized spacial score (nSPS) is 12.0. The van der Waals surface area contributed by atoms with E-state index >= 15 is 0 Å². The van der Waals surface area contributed by atoms with Gasteiger partial charge in [-0.25, -0.2) is 0 Å². The van der Waals surface area contributed by atoms with Crippen LogP contribution < -0.4 is 10.6 Å². The summed E-state index contributed by atoms with van der Waals surface area (Å²) in [5, 5.41) is 5.73. The minimum Gasteiger partial charge on any atom is -0.355 e. The molecule has 0 aliphatic carbocycles. The van der Waals surface area contributed by atoms with Gasteiger partial charge in [-0.2, -0.15) is 0 Å². The van der Waals surface area contributed by atoms with Crippen molar-refractivity contribution in [3.8, 4) is 0 Å². The number of likely N-dealkylation sites (N-methyl/N-ethyl adjacent to an activating group) is 1. The SMILES string of the molecule is CCCNC(=O)CN(C)CC(=O)N[C@@H](C)c1ccc(Br)cc1. The maximum absolute atomic E-state index is 12.0. The van der Waals surface area contributed by atoms with Crippen molar-refractivity contribution in [1.82, 2.24) is 15.5 Å². The summed E-state index contributed by atoms with van der Waals surface area (Å²) in [4.78, 5) is 25.3. The number of halogens is 1. The van der Waals surface area contributed by atoms with Gasteiger partial charge in [-0.05, 0) is 38.1 Å². The predicted molar refractivity (Wildman–Crippen MR) is 91.5 cm³/mol. The minimum absolute atomic E-state index is 0.0573. The van der Waals surface area contributed by atoms with Crippen molar-refractivity contribution in [2.45, 2.75) is 26.3 Å². The van der Waals surface area contributed by atoms with Gasteiger partial charge in [-0.3, -0.25) is 14.5 Å². The van der Waals surface area contributed by atoms with Crippen LogP contribution in [0.25, 0.3) is 0 Å². The highest BCUT2D eigenvalue weighted by Crippen LogP contribution is 2.16. The summed E-state index contributed by atoms with van der Waals surface area (Å²) in [5.41, 5.74) is 1.04. The first kappa shape index (κ1) is 18.6. The van der Waals surface area contributed by atoms with Gasteiger partial charge in [0.1, 0.15) is 0 Å². The van der Waals surface area contributed by atoms with Crippen molar-refractivity contribution in [2.75, 3.05) is 26.7 Å². The highest BCUT2D eigenvalue weighted by Gasteiger charge is 2.13. The zero-order valence-electron chi connectivity index (χ0n) is 13.4. The second kappa shape index (κ2) is 9.58. The van der Waals surface area contributed by atoms with E-state index in [1.165, 1.54) is 0 Å². The molecule has 1 aromatic rings. The molecule has 0 bridgehead atoms. The van der Waals surface area contributed by atoms with Gasteiger partial charge >= 0.3 is 0 Å². The third-order valence-corrected chi connectivity index (χ3v) is 3.68. The van der Waals surface area contributed by atoms with E-state index in [2.05, 4.69) is 26.6 Å². The van der Waals surface area contributed by atoms with Crippen LogP contribution in [0.5, 0.6) is 0 Å². The van der Waals surface area contributed by atoms with Crippen LogP contribution in [-0.2, 0) is 9.59 Å². The molecule has 5 nitrogen and oxygen atoms in total. The summed E-state index contributed by atoms with van der Waals surface area (Å²) in [6, 6.07) is 7.76. The third-order valence-electron chi connectivity index (χ3n) is 3.15. The molecule has 1 atom stereocenters. The second-order valence-corrected chi connectivity index (χ2v) is 6.28. The van der Waals surface area contributed by atoms with E-state index in [0.29, 0.717) is 6.54 Å². The van der Waals surface area contributed by atoms with Crippen LogP contribution in [0.3, 0.4) is 0 Å². The molecule has 2 amide bonds. The molecule has 0 saturated heterocycles. The quantitative estimate of drug-likeness (QED) is 0.737. The Bertz CT molecular complexity index is 491. The fourth-order valence-corrected chi connectivity index (χ4v) is 2.25. The number of carbonyl (C=O) groups excluding carboxylic acids is 2. The van der Waals surface area contributed by atoms with Gasteiger partial charge in [0.25, 0.3) is 0 Å². The third kappa shape index (κ3) is 7.04. The first-order valence-electron chi connectivity index (χ1n) is 7.42. The molecule has 0 unspecified atom stereocenters. The van der Waals surface area contributed by atoms with E-state index in [1.54, 1.807) is 11.9 Å². The summed E-state index contributed by atoms with van der Waals surface area (Å²) < 4.78 is 1.01. The van der Waals surface area contributed by atoms with Crippen LogP contribution in [-0.4, -0.2) is 43.4 Å². The first-order valence-corrected chi connectivity index (χ1v) is 8.21. The molecule has 0 aliphatic rings. The standard InChI is InChI=1S/C16H24BrN3O2/c1-4-9-18-15(21)10-20(3)11-16(22)19-12(2)13-5-7-14(17)8-6-13/h5-8,12H,4,9-11H2,1-3H3,(H,18,21)(H,19,22)/t12-/m0/s1. The Morgan fingerprint density at radius 2 is 1.77 bits per heavy atom. The van der Waals surface area contributed by atoms with E-state index in [4.69, 9.17) is 0 Å². The lowest BCUT2D eigenvalue weighted by Crippen LogP contribution is -2.41. The van der Waals surface area contributed by atoms with Crippen LogP contribution >= 0.6 is 15.9 Å². The van der Waals surface area contributed by atoms with Gasteiger partial charge in [0, 0.05) is 11.0 Å². The lowest BCUT2D eigenvalue weighted by Gasteiger charge is -2.19. The Balaban J connectivity index is 2.38. The van der Waals surface area contributed by atoms with Crippen LogP contribution in [0.2, 0.25) is 0 Å². The van der Waals surface area contributed by atoms with E-state index in [0.717, 1.165) is 16.5 Å². The maximum Gasteiger partial charge on any atom is 0.234 e. The molecule has 0 heterocycles. The topological polar surface area (TPSA) is 61.4 Å². The summed E-state index contributed by atoms with van der Waals surface area (Å²) in [7, 11) is 1.76. The second-order valence-electron chi connectivity index (χ2n) is 5.36. The molecule has 0 radical (unpaired) electrons. The number of carbonyl (C=O) groups is 2. The molecule has 1 rings (SSSR count). The van der Waals surface area contributed by atoms with Crippen LogP contribution in [0.15, 0.2) is 28.7 Å². The lowest BCUT2D eigenvalue weighted by molar-refractivity contribution is -0.124. The van der Waals surface area contributed by atoms with Crippen molar-refractivity contribution in [3.05, 3.63) is 34.3 Å². The molecular formula is C16H24BrN3O2. The fraction of sp³-hybridized carbons (Fsp3) is 0.500. The van der Waals surface area contributed by atoms with E-state index in [9.17, 15) is 9.59 Å². The van der Waals surface area contributed by atoms with Crippen molar-refractivity contribution in [2.24, 2.45) is 0 Å². The average molecular weight is 370 g/mol. The van der Waals surface area contributed by atoms with Gasteiger partial charge in [0.05, 0.1) is 19.1 Å². The van der Waals surface area contributed by atoms with E-state index < -0.39 is 0 Å². The summed E-state index contributed by atoms with van der Waals surface area (Å²) in [6.45, 7) is 5.02. The molecule has 1 aromatic carbocycles. The number of benzene rings is 1. The Morgan fingerprint density at radius 1 is 1.18 bits per heavy atom. The van der Waals surface area contributed by atoms with Crippen LogP contribution in [0.1, 0.15) is 31.9 Å². The van der Waals surface area contributed by atoms with Crippen molar-refractivity contribution in [3.63, 3.8) is 0 Å². The van der Waals surface area contributed by atoms with Gasteiger partial charge < -0.3 is 10.6 Å². The zero-order valence-corrected chi connectivity index (χ0v) is 14.9. The summed E-state index contributed by atoms with van der Waals surface area (Å²) in [5.74, 6) is -0.153. The highest BCUT2D eigenvalue weighted by atomic mass is 79.9. The maximum atomic E-state index is 12.0. The number of hydrogen-bond donors (Lipinski definition) is 2. The molecular weight excluding hydrogens is 346 g/mol. The summed E-state index contributed by atoms with van der Waals surface area (Å²) >= 11 is 3.39. The Hall–Kier alpha value is -1.40. The molecule has 122 valence electrons. The molecule has 0 saturated carbocycles. The lowest BCUT2D eigenvalue weighted by atomic mass is 10.1. The van der Waals surface area contributed by atoms with E-state index in [-0.39, 0.29) is 30.9 Å². The minimum atomic E-state index is -0.0961. The summed E-state index contributed by atoms with van der Waals surface area (Å²) in [6.07, 6.45) is 0.903. The molecule has 2 N–H and O–H groups in total. The van der Waals surface area contributed by atoms with Gasteiger partial charge in [-0.1, -0.05) is 35.0 Å². The van der Waals surface area contributed by atoms with Gasteiger partial charge in [0.15, 0.2) is 0 Å².